The van der Waals surface area contributed by atoms with Crippen LogP contribution < -0.4 is 15.1 Å². The van der Waals surface area contributed by atoms with Crippen LogP contribution in [0, 0.1) is 0 Å². The Bertz CT molecular complexity index is 340. The first-order chi connectivity index (χ1) is 7.93. The summed E-state index contributed by atoms with van der Waals surface area (Å²) in [6.45, 7) is 6.35. The number of piperazine rings is 1. The van der Waals surface area contributed by atoms with E-state index in [-0.39, 0.29) is 0 Å². The fraction of sp³-hybridized carbons (Fsp3) is 0.636. The maximum atomic E-state index is 4.45. The first-order valence-electron chi connectivity index (χ1n) is 5.96. The molecule has 86 valence electrons. The Hall–Kier alpha value is -1.36. The molecule has 5 heteroatoms. The largest absolute Gasteiger partial charge is 0.369 e. The quantitative estimate of drug-likeness (QED) is 0.764. The van der Waals surface area contributed by atoms with Gasteiger partial charge in [0.1, 0.15) is 0 Å². The first-order valence-corrected chi connectivity index (χ1v) is 5.96. The van der Waals surface area contributed by atoms with Gasteiger partial charge < -0.3 is 15.1 Å². The van der Waals surface area contributed by atoms with E-state index in [1.165, 1.54) is 6.42 Å². The fourth-order valence-corrected chi connectivity index (χ4v) is 2.08. The number of anilines is 2. The number of nitrogens with zero attached hydrogens (tertiary/aromatic N) is 4. The van der Waals surface area contributed by atoms with Crippen LogP contribution in [0.15, 0.2) is 12.4 Å². The second kappa shape index (κ2) is 4.25. The van der Waals surface area contributed by atoms with Crippen LogP contribution in [-0.4, -0.2) is 49.2 Å². The van der Waals surface area contributed by atoms with Crippen LogP contribution in [0.5, 0.6) is 0 Å². The van der Waals surface area contributed by atoms with Gasteiger partial charge in [-0.15, -0.1) is 0 Å². The molecule has 0 bridgehead atoms. The summed E-state index contributed by atoms with van der Waals surface area (Å²) in [7, 11) is 0. The molecule has 0 aromatic carbocycles. The molecule has 3 heterocycles. The summed E-state index contributed by atoms with van der Waals surface area (Å²) >= 11 is 0. The lowest BCUT2D eigenvalue weighted by atomic mass is 10.2. The molecule has 3 rings (SSSR count). The second-order valence-electron chi connectivity index (χ2n) is 4.32. The van der Waals surface area contributed by atoms with Gasteiger partial charge in [-0.3, -0.25) is 0 Å². The lowest BCUT2D eigenvalue weighted by Gasteiger charge is -2.33. The van der Waals surface area contributed by atoms with E-state index in [0.29, 0.717) is 0 Å². The highest BCUT2D eigenvalue weighted by molar-refractivity contribution is 5.46. The molecule has 2 saturated heterocycles. The van der Waals surface area contributed by atoms with Gasteiger partial charge in [0.15, 0.2) is 0 Å². The van der Waals surface area contributed by atoms with Crippen LogP contribution in [-0.2, 0) is 0 Å². The second-order valence-corrected chi connectivity index (χ2v) is 4.32. The van der Waals surface area contributed by atoms with E-state index >= 15 is 0 Å². The molecule has 0 atom stereocenters. The van der Waals surface area contributed by atoms with Gasteiger partial charge in [0, 0.05) is 39.3 Å². The van der Waals surface area contributed by atoms with Crippen molar-refractivity contribution in [3.8, 4) is 0 Å². The number of rotatable bonds is 2. The Morgan fingerprint density at radius 2 is 1.62 bits per heavy atom. The van der Waals surface area contributed by atoms with Gasteiger partial charge in [0.25, 0.3) is 0 Å². The third-order valence-electron chi connectivity index (χ3n) is 3.25. The van der Waals surface area contributed by atoms with Gasteiger partial charge in [-0.2, -0.15) is 0 Å². The third kappa shape index (κ3) is 1.82. The van der Waals surface area contributed by atoms with Crippen molar-refractivity contribution < 1.29 is 0 Å². The van der Waals surface area contributed by atoms with E-state index in [1.807, 2.05) is 12.4 Å². The van der Waals surface area contributed by atoms with Gasteiger partial charge in [-0.1, -0.05) is 0 Å². The molecule has 16 heavy (non-hydrogen) atoms. The van der Waals surface area contributed by atoms with Crippen LogP contribution in [0.2, 0.25) is 0 Å². The van der Waals surface area contributed by atoms with Crippen LogP contribution in [0.4, 0.5) is 11.6 Å². The zero-order valence-electron chi connectivity index (χ0n) is 9.39. The lowest BCUT2D eigenvalue weighted by molar-refractivity contribution is 0.578. The Morgan fingerprint density at radius 1 is 0.938 bits per heavy atom. The molecule has 1 aromatic rings. The van der Waals surface area contributed by atoms with Gasteiger partial charge in [-0.25, -0.2) is 9.97 Å². The third-order valence-corrected chi connectivity index (χ3v) is 3.25. The summed E-state index contributed by atoms with van der Waals surface area (Å²) in [6.07, 6.45) is 5.19. The standard InChI is InChI=1S/C11H17N5/c1-4-15(5-1)10-8-13-11(14-9-10)16-6-2-12-3-7-16/h8-9,12H,1-7H2. The summed E-state index contributed by atoms with van der Waals surface area (Å²) in [6, 6.07) is 0. The van der Waals surface area contributed by atoms with Crippen molar-refractivity contribution >= 4 is 11.6 Å². The summed E-state index contributed by atoms with van der Waals surface area (Å²) in [5, 5.41) is 3.33. The minimum atomic E-state index is 0.866. The molecule has 0 aliphatic carbocycles. The monoisotopic (exact) mass is 219 g/mol. The Kier molecular flexibility index (Phi) is 2.61. The summed E-state index contributed by atoms with van der Waals surface area (Å²) < 4.78 is 0. The van der Waals surface area contributed by atoms with Crippen molar-refractivity contribution in [2.24, 2.45) is 0 Å². The SMILES string of the molecule is c1nc(N2CCNCC2)ncc1N1CCC1. The molecule has 0 spiro atoms. The number of hydrogen-bond donors (Lipinski definition) is 1. The van der Waals surface area contributed by atoms with E-state index < -0.39 is 0 Å². The molecule has 2 fully saturated rings. The minimum Gasteiger partial charge on any atom is -0.369 e. The van der Waals surface area contributed by atoms with Crippen LogP contribution in [0.1, 0.15) is 6.42 Å². The Morgan fingerprint density at radius 3 is 2.19 bits per heavy atom. The molecule has 1 aromatic heterocycles. The Balaban J connectivity index is 1.70. The summed E-state index contributed by atoms with van der Waals surface area (Å²) in [4.78, 5) is 13.4. The van der Waals surface area contributed by atoms with Crippen molar-refractivity contribution in [1.29, 1.82) is 0 Å². The predicted octanol–water partition coefficient (Wildman–Crippen LogP) is 0.0963. The van der Waals surface area contributed by atoms with Crippen molar-refractivity contribution in [2.45, 2.75) is 6.42 Å². The molecule has 0 saturated carbocycles. The zero-order chi connectivity index (χ0) is 10.8. The number of aromatic nitrogens is 2. The highest BCUT2D eigenvalue weighted by Gasteiger charge is 2.17. The lowest BCUT2D eigenvalue weighted by Crippen LogP contribution is -2.44. The van der Waals surface area contributed by atoms with E-state index in [0.717, 1.165) is 50.9 Å². The van der Waals surface area contributed by atoms with Crippen LogP contribution in [0.3, 0.4) is 0 Å². The topological polar surface area (TPSA) is 44.3 Å². The molecule has 0 amide bonds. The van der Waals surface area contributed by atoms with Crippen molar-refractivity contribution in [2.75, 3.05) is 49.1 Å². The molecule has 2 aliphatic rings. The first kappa shape index (κ1) is 9.84. The molecule has 0 unspecified atom stereocenters. The molecule has 0 radical (unpaired) electrons. The smallest absolute Gasteiger partial charge is 0.225 e. The average Bonchev–Trinajstić information content (AvgIpc) is 2.29. The molecular weight excluding hydrogens is 202 g/mol. The van der Waals surface area contributed by atoms with Gasteiger partial charge in [0.2, 0.25) is 5.95 Å². The summed E-state index contributed by atoms with van der Waals surface area (Å²) in [5.74, 6) is 0.866. The Labute approximate surface area is 95.5 Å². The van der Waals surface area contributed by atoms with Crippen molar-refractivity contribution in [3.05, 3.63) is 12.4 Å². The van der Waals surface area contributed by atoms with E-state index in [2.05, 4.69) is 25.1 Å². The zero-order valence-corrected chi connectivity index (χ0v) is 9.39. The predicted molar refractivity (Wildman–Crippen MR) is 63.9 cm³/mol. The van der Waals surface area contributed by atoms with E-state index in [4.69, 9.17) is 0 Å². The maximum absolute atomic E-state index is 4.45. The molecule has 2 aliphatic heterocycles. The number of nitrogens with one attached hydrogen (secondary N) is 1. The molecular formula is C11H17N5. The van der Waals surface area contributed by atoms with Crippen molar-refractivity contribution in [1.82, 2.24) is 15.3 Å². The highest BCUT2D eigenvalue weighted by Crippen LogP contribution is 2.19. The molecule has 1 N–H and O–H groups in total. The van der Waals surface area contributed by atoms with Crippen LogP contribution >= 0.6 is 0 Å². The van der Waals surface area contributed by atoms with Gasteiger partial charge in [0.05, 0.1) is 18.1 Å². The highest BCUT2D eigenvalue weighted by atomic mass is 15.3. The van der Waals surface area contributed by atoms with E-state index in [9.17, 15) is 0 Å². The van der Waals surface area contributed by atoms with Gasteiger partial charge in [-0.05, 0) is 6.42 Å². The van der Waals surface area contributed by atoms with E-state index in [1.54, 1.807) is 0 Å². The summed E-state index contributed by atoms with van der Waals surface area (Å²) in [5.41, 5.74) is 1.16. The van der Waals surface area contributed by atoms with Crippen LogP contribution in [0.25, 0.3) is 0 Å². The molecule has 5 nitrogen and oxygen atoms in total. The normalized spacial score (nSPS) is 20.8. The number of hydrogen-bond acceptors (Lipinski definition) is 5. The fourth-order valence-electron chi connectivity index (χ4n) is 2.08. The van der Waals surface area contributed by atoms with Gasteiger partial charge >= 0.3 is 0 Å². The van der Waals surface area contributed by atoms with Crippen molar-refractivity contribution in [3.63, 3.8) is 0 Å². The minimum absolute atomic E-state index is 0.866. The average molecular weight is 219 g/mol. The maximum Gasteiger partial charge on any atom is 0.225 e.